The lowest BCUT2D eigenvalue weighted by atomic mass is 10.4. The predicted molar refractivity (Wildman–Crippen MR) is 66.8 cm³/mol. The van der Waals surface area contributed by atoms with Crippen molar-refractivity contribution < 1.29 is 9.21 Å². The molecule has 0 radical (unpaired) electrons. The summed E-state index contributed by atoms with van der Waals surface area (Å²) in [6.45, 7) is 0.280. The SMILES string of the molecule is O=C(CSc1n[nH]c(=O)[nH]c1=O)NCc1ccco1. The average Bonchev–Trinajstić information content (AvgIpc) is 2.88. The summed E-state index contributed by atoms with van der Waals surface area (Å²) in [4.78, 5) is 35.6. The number of aromatic nitrogens is 3. The molecule has 9 heteroatoms. The number of carbonyl (C=O) groups excluding carboxylic acids is 1. The smallest absolute Gasteiger partial charge is 0.342 e. The summed E-state index contributed by atoms with van der Waals surface area (Å²) in [6.07, 6.45) is 1.51. The minimum atomic E-state index is -0.684. The lowest BCUT2D eigenvalue weighted by Crippen LogP contribution is -2.27. The molecule has 8 nitrogen and oxygen atoms in total. The van der Waals surface area contributed by atoms with Crippen LogP contribution in [0.15, 0.2) is 37.4 Å². The van der Waals surface area contributed by atoms with Gasteiger partial charge in [-0.15, -0.1) is 0 Å². The van der Waals surface area contributed by atoms with Crippen molar-refractivity contribution in [3.05, 3.63) is 45.0 Å². The Balaban J connectivity index is 1.83. The quantitative estimate of drug-likeness (QED) is 0.633. The van der Waals surface area contributed by atoms with Crippen LogP contribution in [0.25, 0.3) is 0 Å². The van der Waals surface area contributed by atoms with Gasteiger partial charge in [-0.2, -0.15) is 5.10 Å². The molecule has 0 atom stereocenters. The maximum atomic E-state index is 11.5. The fourth-order valence-corrected chi connectivity index (χ4v) is 1.88. The number of furan rings is 1. The molecule has 2 rings (SSSR count). The third-order valence-corrected chi connectivity index (χ3v) is 3.02. The number of carbonyl (C=O) groups is 1. The van der Waals surface area contributed by atoms with Gasteiger partial charge in [0, 0.05) is 0 Å². The summed E-state index contributed by atoms with van der Waals surface area (Å²) in [5.74, 6) is 0.384. The van der Waals surface area contributed by atoms with E-state index in [9.17, 15) is 14.4 Å². The Labute approximate surface area is 110 Å². The predicted octanol–water partition coefficient (Wildman–Crippen LogP) is -0.540. The van der Waals surface area contributed by atoms with Crippen LogP contribution in [0.4, 0.5) is 0 Å². The number of nitrogens with zero attached hydrogens (tertiary/aromatic N) is 1. The molecule has 0 aliphatic heterocycles. The van der Waals surface area contributed by atoms with Gasteiger partial charge in [-0.1, -0.05) is 11.8 Å². The molecule has 0 saturated heterocycles. The zero-order valence-corrected chi connectivity index (χ0v) is 10.5. The highest BCUT2D eigenvalue weighted by atomic mass is 32.2. The van der Waals surface area contributed by atoms with Crippen molar-refractivity contribution in [3.8, 4) is 0 Å². The molecule has 1 amide bonds. The fourth-order valence-electron chi connectivity index (χ4n) is 1.22. The van der Waals surface area contributed by atoms with Gasteiger partial charge in [-0.3, -0.25) is 14.6 Å². The van der Waals surface area contributed by atoms with Crippen LogP contribution < -0.4 is 16.6 Å². The zero-order valence-electron chi connectivity index (χ0n) is 9.63. The highest BCUT2D eigenvalue weighted by Crippen LogP contribution is 2.07. The highest BCUT2D eigenvalue weighted by Gasteiger charge is 2.08. The number of hydrogen-bond acceptors (Lipinski definition) is 6. The second kappa shape index (κ2) is 6.05. The van der Waals surface area contributed by atoms with Gasteiger partial charge in [0.25, 0.3) is 5.56 Å². The molecule has 0 spiro atoms. The van der Waals surface area contributed by atoms with Crippen molar-refractivity contribution in [1.29, 1.82) is 0 Å². The number of aromatic amines is 2. The first-order valence-corrected chi connectivity index (χ1v) is 6.24. The van der Waals surface area contributed by atoms with Crippen molar-refractivity contribution in [2.45, 2.75) is 11.6 Å². The van der Waals surface area contributed by atoms with Gasteiger partial charge in [0.1, 0.15) is 5.76 Å². The zero-order chi connectivity index (χ0) is 13.7. The first-order chi connectivity index (χ1) is 9.15. The Hall–Kier alpha value is -2.29. The van der Waals surface area contributed by atoms with Crippen molar-refractivity contribution in [2.75, 3.05) is 5.75 Å². The number of nitrogens with one attached hydrogen (secondary N) is 3. The third-order valence-electron chi connectivity index (χ3n) is 2.06. The van der Waals surface area contributed by atoms with Gasteiger partial charge in [-0.25, -0.2) is 9.89 Å². The largest absolute Gasteiger partial charge is 0.467 e. The summed E-state index contributed by atoms with van der Waals surface area (Å²) >= 11 is 0.933. The Kier molecular flexibility index (Phi) is 4.18. The minimum Gasteiger partial charge on any atom is -0.467 e. The molecule has 0 saturated carbocycles. The first kappa shape index (κ1) is 13.1. The summed E-state index contributed by atoms with van der Waals surface area (Å²) in [5, 5.41) is 8.29. The number of H-pyrrole nitrogens is 2. The maximum absolute atomic E-state index is 11.5. The number of thioether (sulfide) groups is 1. The molecule has 0 fully saturated rings. The lowest BCUT2D eigenvalue weighted by molar-refractivity contribution is -0.118. The van der Waals surface area contributed by atoms with E-state index in [2.05, 4.69) is 15.5 Å². The fraction of sp³-hybridized carbons (Fsp3) is 0.200. The summed E-state index contributed by atoms with van der Waals surface area (Å²) < 4.78 is 5.05. The van der Waals surface area contributed by atoms with E-state index in [1.54, 1.807) is 12.1 Å². The van der Waals surface area contributed by atoms with E-state index >= 15 is 0 Å². The minimum absolute atomic E-state index is 0.0167. The summed E-state index contributed by atoms with van der Waals surface area (Å²) in [7, 11) is 0. The van der Waals surface area contributed by atoms with Gasteiger partial charge in [0.05, 0.1) is 18.6 Å². The van der Waals surface area contributed by atoms with Gasteiger partial charge >= 0.3 is 5.69 Å². The van der Waals surface area contributed by atoms with E-state index in [4.69, 9.17) is 4.42 Å². The van der Waals surface area contributed by atoms with Crippen LogP contribution in [-0.4, -0.2) is 26.8 Å². The van der Waals surface area contributed by atoms with Crippen LogP contribution in [0.1, 0.15) is 5.76 Å². The molecule has 0 aromatic carbocycles. The van der Waals surface area contributed by atoms with Gasteiger partial charge in [0.2, 0.25) is 5.91 Å². The van der Waals surface area contributed by atoms with Crippen LogP contribution in [0.2, 0.25) is 0 Å². The highest BCUT2D eigenvalue weighted by molar-refractivity contribution is 7.99. The number of hydrogen-bond donors (Lipinski definition) is 3. The Morgan fingerprint density at radius 1 is 1.47 bits per heavy atom. The summed E-state index contributed by atoms with van der Waals surface area (Å²) in [5.41, 5.74) is -1.30. The second-order valence-electron chi connectivity index (χ2n) is 3.46. The molecular weight excluding hydrogens is 272 g/mol. The first-order valence-electron chi connectivity index (χ1n) is 5.26. The van der Waals surface area contributed by atoms with Crippen molar-refractivity contribution in [2.24, 2.45) is 0 Å². The normalized spacial score (nSPS) is 10.3. The van der Waals surface area contributed by atoms with Crippen LogP contribution in [0.3, 0.4) is 0 Å². The van der Waals surface area contributed by atoms with Crippen LogP contribution in [0.5, 0.6) is 0 Å². The van der Waals surface area contributed by atoms with E-state index < -0.39 is 11.2 Å². The van der Waals surface area contributed by atoms with Gasteiger partial charge in [0.15, 0.2) is 5.03 Å². The van der Waals surface area contributed by atoms with Crippen molar-refractivity contribution in [1.82, 2.24) is 20.5 Å². The van der Waals surface area contributed by atoms with Crippen molar-refractivity contribution in [3.63, 3.8) is 0 Å². The lowest BCUT2D eigenvalue weighted by Gasteiger charge is -2.02. The molecule has 19 heavy (non-hydrogen) atoms. The summed E-state index contributed by atoms with van der Waals surface area (Å²) in [6, 6.07) is 3.46. The molecular formula is C10H10N4O4S. The molecule has 2 aromatic heterocycles. The van der Waals surface area contributed by atoms with Crippen LogP contribution >= 0.6 is 11.8 Å². The third kappa shape index (κ3) is 3.85. The topological polar surface area (TPSA) is 121 Å². The molecule has 2 heterocycles. The van der Waals surface area contributed by atoms with E-state index in [1.165, 1.54) is 6.26 Å². The van der Waals surface area contributed by atoms with E-state index in [-0.39, 0.29) is 23.2 Å². The van der Waals surface area contributed by atoms with Crippen LogP contribution in [-0.2, 0) is 11.3 Å². The molecule has 2 aromatic rings. The maximum Gasteiger partial charge on any atom is 0.342 e. The average molecular weight is 282 g/mol. The van der Waals surface area contributed by atoms with E-state index in [0.717, 1.165) is 11.8 Å². The van der Waals surface area contributed by atoms with Gasteiger partial charge in [-0.05, 0) is 12.1 Å². The second-order valence-corrected chi connectivity index (χ2v) is 4.42. The Morgan fingerprint density at radius 2 is 2.32 bits per heavy atom. The van der Waals surface area contributed by atoms with Gasteiger partial charge < -0.3 is 9.73 Å². The molecule has 0 aliphatic rings. The Morgan fingerprint density at radius 3 is 3.00 bits per heavy atom. The molecule has 0 unspecified atom stereocenters. The number of amides is 1. The monoisotopic (exact) mass is 282 g/mol. The molecule has 3 N–H and O–H groups in total. The molecule has 0 bridgehead atoms. The molecule has 100 valence electrons. The van der Waals surface area contributed by atoms with E-state index in [0.29, 0.717) is 5.76 Å². The van der Waals surface area contributed by atoms with Crippen molar-refractivity contribution >= 4 is 17.7 Å². The molecule has 0 aliphatic carbocycles. The van der Waals surface area contributed by atoms with E-state index in [1.807, 2.05) is 4.98 Å². The Bertz CT molecular complexity index is 661. The van der Waals surface area contributed by atoms with Crippen LogP contribution in [0, 0.1) is 0 Å². The standard InChI is InChI=1S/C10H10N4O4S/c15-7(11-4-6-2-1-3-18-6)5-19-9-8(16)12-10(17)14-13-9/h1-3H,4-5H2,(H,11,15)(H2,12,14,16,17). The number of rotatable bonds is 5.